The minimum Gasteiger partial charge on any atom is -0.380 e. The fraction of sp³-hybridized carbons (Fsp3) is 1.00. The van der Waals surface area contributed by atoms with Crippen molar-refractivity contribution >= 4 is 0 Å². The summed E-state index contributed by atoms with van der Waals surface area (Å²) in [5.41, 5.74) is 0. The summed E-state index contributed by atoms with van der Waals surface area (Å²) in [6.07, 6.45) is 5.51. The van der Waals surface area contributed by atoms with Crippen LogP contribution in [0.1, 0.15) is 39.5 Å². The van der Waals surface area contributed by atoms with Crippen molar-refractivity contribution in [2.24, 2.45) is 0 Å². The lowest BCUT2D eigenvalue weighted by molar-refractivity contribution is 0.114. The number of nitrogens with zero attached hydrogens (tertiary/aromatic N) is 1. The zero-order valence-corrected chi connectivity index (χ0v) is 10.7. The Kier molecular flexibility index (Phi) is 4.62. The summed E-state index contributed by atoms with van der Waals surface area (Å²) in [5.74, 6) is 0. The maximum atomic E-state index is 5.43. The first-order chi connectivity index (χ1) is 7.79. The Morgan fingerprint density at radius 1 is 1.25 bits per heavy atom. The molecule has 2 rings (SSSR count). The van der Waals surface area contributed by atoms with Crippen molar-refractivity contribution in [3.63, 3.8) is 0 Å². The average Bonchev–Trinajstić information content (AvgIpc) is 3.11. The summed E-state index contributed by atoms with van der Waals surface area (Å²) in [5, 5.41) is 3.68. The van der Waals surface area contributed by atoms with Crippen LogP contribution in [0.25, 0.3) is 0 Å². The lowest BCUT2D eigenvalue weighted by Gasteiger charge is -2.34. The van der Waals surface area contributed by atoms with Crippen LogP contribution in [0.4, 0.5) is 0 Å². The van der Waals surface area contributed by atoms with Crippen molar-refractivity contribution in [2.75, 3.05) is 26.3 Å². The van der Waals surface area contributed by atoms with E-state index in [4.69, 9.17) is 4.74 Å². The second-order valence-corrected chi connectivity index (χ2v) is 5.27. The molecule has 1 saturated carbocycles. The number of hydrogen-bond acceptors (Lipinski definition) is 3. The molecule has 1 unspecified atom stereocenters. The van der Waals surface area contributed by atoms with Gasteiger partial charge in [-0.2, -0.15) is 0 Å². The second kappa shape index (κ2) is 5.99. The van der Waals surface area contributed by atoms with E-state index in [1.165, 1.54) is 38.8 Å². The minimum absolute atomic E-state index is 0.498. The third kappa shape index (κ3) is 3.72. The molecule has 16 heavy (non-hydrogen) atoms. The largest absolute Gasteiger partial charge is 0.380 e. The second-order valence-electron chi connectivity index (χ2n) is 5.27. The van der Waals surface area contributed by atoms with Gasteiger partial charge < -0.3 is 15.0 Å². The summed E-state index contributed by atoms with van der Waals surface area (Å²) in [4.78, 5) is 2.67. The van der Waals surface area contributed by atoms with Crippen molar-refractivity contribution < 1.29 is 4.74 Å². The van der Waals surface area contributed by atoms with E-state index in [2.05, 4.69) is 24.1 Å². The Morgan fingerprint density at radius 2 is 1.94 bits per heavy atom. The maximum absolute atomic E-state index is 5.43. The first kappa shape index (κ1) is 12.3. The van der Waals surface area contributed by atoms with Crippen LogP contribution >= 0.6 is 0 Å². The van der Waals surface area contributed by atoms with Gasteiger partial charge in [-0.3, -0.25) is 0 Å². The maximum Gasteiger partial charge on any atom is 0.0616 e. The number of hydrogen-bond donors (Lipinski definition) is 1. The van der Waals surface area contributed by atoms with Crippen molar-refractivity contribution in [1.82, 2.24) is 10.2 Å². The molecule has 3 nitrogen and oxygen atoms in total. The van der Waals surface area contributed by atoms with Gasteiger partial charge in [0.1, 0.15) is 0 Å². The Hall–Kier alpha value is -0.120. The highest BCUT2D eigenvalue weighted by Gasteiger charge is 2.31. The standard InChI is InChI=1S/C13H26N2O/c1-3-16-10-11(2)14-12-6-8-15(9-7-12)13-4-5-13/h11-14H,3-10H2,1-2H3. The molecule has 0 aromatic heterocycles. The first-order valence-corrected chi connectivity index (χ1v) is 6.87. The normalized spacial score (nSPS) is 25.9. The van der Waals surface area contributed by atoms with Crippen molar-refractivity contribution in [3.8, 4) is 0 Å². The number of piperidine rings is 1. The highest BCUT2D eigenvalue weighted by atomic mass is 16.5. The Bertz CT molecular complexity index is 198. The van der Waals surface area contributed by atoms with Gasteiger partial charge in [-0.25, -0.2) is 0 Å². The topological polar surface area (TPSA) is 24.5 Å². The summed E-state index contributed by atoms with van der Waals surface area (Å²) >= 11 is 0. The molecule has 1 aliphatic heterocycles. The van der Waals surface area contributed by atoms with Gasteiger partial charge >= 0.3 is 0 Å². The third-order valence-electron chi connectivity index (χ3n) is 3.69. The van der Waals surface area contributed by atoms with Gasteiger partial charge in [0.2, 0.25) is 0 Å². The molecule has 1 atom stereocenters. The van der Waals surface area contributed by atoms with E-state index >= 15 is 0 Å². The van der Waals surface area contributed by atoms with Gasteiger partial charge in [-0.05, 0) is 52.6 Å². The highest BCUT2D eigenvalue weighted by molar-refractivity contribution is 4.89. The molecule has 0 aromatic rings. The van der Waals surface area contributed by atoms with Crippen molar-refractivity contribution in [3.05, 3.63) is 0 Å². The van der Waals surface area contributed by atoms with Crippen LogP contribution in [0.5, 0.6) is 0 Å². The molecule has 2 fully saturated rings. The van der Waals surface area contributed by atoms with Gasteiger partial charge in [0, 0.05) is 24.7 Å². The predicted molar refractivity (Wildman–Crippen MR) is 66.7 cm³/mol. The van der Waals surface area contributed by atoms with Gasteiger partial charge in [0.25, 0.3) is 0 Å². The van der Waals surface area contributed by atoms with E-state index < -0.39 is 0 Å². The van der Waals surface area contributed by atoms with Crippen LogP contribution in [0.3, 0.4) is 0 Å². The molecule has 0 amide bonds. The monoisotopic (exact) mass is 226 g/mol. The Balaban J connectivity index is 1.60. The molecule has 1 heterocycles. The van der Waals surface area contributed by atoms with Crippen LogP contribution in [0.2, 0.25) is 0 Å². The molecule has 0 aromatic carbocycles. The van der Waals surface area contributed by atoms with Crippen LogP contribution < -0.4 is 5.32 Å². The molecular formula is C13H26N2O. The lowest BCUT2D eigenvalue weighted by atomic mass is 10.0. The molecular weight excluding hydrogens is 200 g/mol. The van der Waals surface area contributed by atoms with Crippen LogP contribution in [-0.2, 0) is 4.74 Å². The molecule has 1 N–H and O–H groups in total. The van der Waals surface area contributed by atoms with Gasteiger partial charge in [-0.15, -0.1) is 0 Å². The van der Waals surface area contributed by atoms with E-state index in [1.54, 1.807) is 0 Å². The molecule has 0 radical (unpaired) electrons. The zero-order chi connectivity index (χ0) is 11.4. The highest BCUT2D eigenvalue weighted by Crippen LogP contribution is 2.29. The van der Waals surface area contributed by atoms with E-state index in [0.717, 1.165) is 19.3 Å². The summed E-state index contributed by atoms with van der Waals surface area (Å²) in [7, 11) is 0. The summed E-state index contributed by atoms with van der Waals surface area (Å²) in [6.45, 7) is 8.54. The number of likely N-dealkylation sites (tertiary alicyclic amines) is 1. The number of nitrogens with one attached hydrogen (secondary N) is 1. The van der Waals surface area contributed by atoms with Gasteiger partial charge in [0.15, 0.2) is 0 Å². The molecule has 94 valence electrons. The minimum atomic E-state index is 0.498. The first-order valence-electron chi connectivity index (χ1n) is 6.87. The number of rotatable bonds is 6. The van der Waals surface area contributed by atoms with Gasteiger partial charge in [-0.1, -0.05) is 0 Å². The molecule has 3 heteroatoms. The van der Waals surface area contributed by atoms with Crippen LogP contribution in [0.15, 0.2) is 0 Å². The molecule has 1 aliphatic carbocycles. The van der Waals surface area contributed by atoms with Crippen molar-refractivity contribution in [2.45, 2.75) is 57.7 Å². The van der Waals surface area contributed by atoms with Crippen LogP contribution in [-0.4, -0.2) is 49.3 Å². The number of ether oxygens (including phenoxy) is 1. The summed E-state index contributed by atoms with van der Waals surface area (Å²) < 4.78 is 5.43. The lowest BCUT2D eigenvalue weighted by Crippen LogP contribution is -2.47. The van der Waals surface area contributed by atoms with E-state index in [9.17, 15) is 0 Å². The molecule has 1 saturated heterocycles. The fourth-order valence-corrected chi connectivity index (χ4v) is 2.62. The van der Waals surface area contributed by atoms with E-state index in [-0.39, 0.29) is 0 Å². The van der Waals surface area contributed by atoms with Gasteiger partial charge in [0.05, 0.1) is 6.61 Å². The van der Waals surface area contributed by atoms with E-state index in [0.29, 0.717) is 12.1 Å². The van der Waals surface area contributed by atoms with Crippen LogP contribution in [0, 0.1) is 0 Å². The summed E-state index contributed by atoms with van der Waals surface area (Å²) in [6, 6.07) is 2.16. The average molecular weight is 226 g/mol. The Labute approximate surface area is 99.5 Å². The van der Waals surface area contributed by atoms with E-state index in [1.807, 2.05) is 0 Å². The van der Waals surface area contributed by atoms with Crippen molar-refractivity contribution in [1.29, 1.82) is 0 Å². The molecule has 0 spiro atoms. The smallest absolute Gasteiger partial charge is 0.0616 e. The third-order valence-corrected chi connectivity index (χ3v) is 3.69. The fourth-order valence-electron chi connectivity index (χ4n) is 2.62. The Morgan fingerprint density at radius 3 is 2.50 bits per heavy atom. The molecule has 0 bridgehead atoms. The molecule has 2 aliphatic rings. The predicted octanol–water partition coefficient (Wildman–Crippen LogP) is 1.63. The SMILES string of the molecule is CCOCC(C)NC1CCN(C2CC2)CC1. The quantitative estimate of drug-likeness (QED) is 0.745. The zero-order valence-electron chi connectivity index (χ0n) is 10.7.